The van der Waals surface area contributed by atoms with Gasteiger partial charge >= 0.3 is 5.97 Å². The lowest BCUT2D eigenvalue weighted by Gasteiger charge is -2.37. The van der Waals surface area contributed by atoms with Crippen molar-refractivity contribution in [3.05, 3.63) is 0 Å². The zero-order valence-corrected chi connectivity index (χ0v) is 13.0. The fourth-order valence-corrected chi connectivity index (χ4v) is 2.55. The second-order valence-electron chi connectivity index (χ2n) is 5.94. The third-order valence-electron chi connectivity index (χ3n) is 3.91. The Bertz CT molecular complexity index is 275. The summed E-state index contributed by atoms with van der Waals surface area (Å²) in [5.41, 5.74) is -0.577. The van der Waals surface area contributed by atoms with Crippen molar-refractivity contribution >= 4 is 5.97 Å². The van der Waals surface area contributed by atoms with Crippen molar-refractivity contribution in [1.29, 1.82) is 0 Å². The van der Waals surface area contributed by atoms with Gasteiger partial charge in [0, 0.05) is 6.54 Å². The first-order valence-electron chi connectivity index (χ1n) is 7.66. The molecule has 4 nitrogen and oxygen atoms in total. The van der Waals surface area contributed by atoms with E-state index in [1.807, 2.05) is 13.8 Å². The number of carbonyl (C=O) groups is 1. The fraction of sp³-hybridized carbons (Fsp3) is 0.933. The number of piperidine rings is 1. The van der Waals surface area contributed by atoms with Gasteiger partial charge in [0.1, 0.15) is 5.54 Å². The van der Waals surface area contributed by atoms with Crippen LogP contribution in [-0.2, 0) is 9.53 Å². The van der Waals surface area contributed by atoms with Gasteiger partial charge in [-0.1, -0.05) is 13.8 Å². The van der Waals surface area contributed by atoms with Crippen LogP contribution < -0.4 is 5.32 Å². The van der Waals surface area contributed by atoms with Gasteiger partial charge in [-0.15, -0.1) is 0 Å². The van der Waals surface area contributed by atoms with Crippen molar-refractivity contribution in [2.45, 2.75) is 52.5 Å². The fourth-order valence-electron chi connectivity index (χ4n) is 2.55. The van der Waals surface area contributed by atoms with Gasteiger partial charge in [-0.05, 0) is 58.7 Å². The van der Waals surface area contributed by atoms with Crippen LogP contribution in [-0.4, -0.2) is 49.2 Å². The van der Waals surface area contributed by atoms with Gasteiger partial charge in [0.15, 0.2) is 0 Å². The summed E-state index contributed by atoms with van der Waals surface area (Å²) in [6, 6.07) is 0. The highest BCUT2D eigenvalue weighted by Crippen LogP contribution is 2.19. The number of hydrogen-bond acceptors (Lipinski definition) is 4. The highest BCUT2D eigenvalue weighted by Gasteiger charge is 2.36. The van der Waals surface area contributed by atoms with Gasteiger partial charge in [-0.25, -0.2) is 0 Å². The molecule has 1 atom stereocenters. The van der Waals surface area contributed by atoms with Crippen LogP contribution in [0.4, 0.5) is 0 Å². The molecule has 1 N–H and O–H groups in total. The van der Waals surface area contributed by atoms with E-state index in [1.54, 1.807) is 0 Å². The molecule has 0 aromatic carbocycles. The molecule has 4 heteroatoms. The summed E-state index contributed by atoms with van der Waals surface area (Å²) in [5, 5.41) is 3.37. The lowest BCUT2D eigenvalue weighted by molar-refractivity contribution is -0.151. The summed E-state index contributed by atoms with van der Waals surface area (Å²) in [5.74, 6) is 0.691. The zero-order chi connectivity index (χ0) is 14.3. The van der Waals surface area contributed by atoms with Crippen molar-refractivity contribution in [3.63, 3.8) is 0 Å². The van der Waals surface area contributed by atoms with Crippen LogP contribution in [0.1, 0.15) is 47.0 Å². The molecule has 1 heterocycles. The highest BCUT2D eigenvalue weighted by atomic mass is 16.5. The molecule has 1 fully saturated rings. The molecule has 1 aliphatic heterocycles. The summed E-state index contributed by atoms with van der Waals surface area (Å²) >= 11 is 0. The van der Waals surface area contributed by atoms with Crippen LogP contribution in [0.5, 0.6) is 0 Å². The maximum atomic E-state index is 12.2. The quantitative estimate of drug-likeness (QED) is 0.719. The minimum atomic E-state index is -0.577. The Hall–Kier alpha value is -0.610. The Labute approximate surface area is 117 Å². The van der Waals surface area contributed by atoms with E-state index in [2.05, 4.69) is 24.1 Å². The summed E-state index contributed by atoms with van der Waals surface area (Å²) in [4.78, 5) is 14.6. The van der Waals surface area contributed by atoms with E-state index < -0.39 is 5.54 Å². The topological polar surface area (TPSA) is 41.6 Å². The lowest BCUT2D eigenvalue weighted by atomic mass is 9.95. The maximum absolute atomic E-state index is 12.2. The van der Waals surface area contributed by atoms with Crippen LogP contribution in [0, 0.1) is 5.92 Å². The standard InChI is InChI=1S/C15H30N2O2/c1-5-9-16-15(4,14(18)19-6-2)12-17-10-7-13(3)8-11-17/h13,16H,5-12H2,1-4H3. The molecule has 0 bridgehead atoms. The second-order valence-corrected chi connectivity index (χ2v) is 5.94. The van der Waals surface area contributed by atoms with Gasteiger partial charge in [0.2, 0.25) is 0 Å². The van der Waals surface area contributed by atoms with E-state index in [0.717, 1.165) is 38.5 Å². The Kier molecular flexibility index (Phi) is 6.80. The van der Waals surface area contributed by atoms with Gasteiger partial charge in [-0.2, -0.15) is 0 Å². The first-order valence-corrected chi connectivity index (χ1v) is 7.66. The van der Waals surface area contributed by atoms with E-state index in [0.29, 0.717) is 6.61 Å². The van der Waals surface area contributed by atoms with Crippen LogP contribution in [0.15, 0.2) is 0 Å². The summed E-state index contributed by atoms with van der Waals surface area (Å²) < 4.78 is 5.24. The molecule has 19 heavy (non-hydrogen) atoms. The van der Waals surface area contributed by atoms with Crippen LogP contribution in [0.2, 0.25) is 0 Å². The van der Waals surface area contributed by atoms with Gasteiger partial charge in [0.05, 0.1) is 6.61 Å². The average Bonchev–Trinajstić information content (AvgIpc) is 2.39. The predicted molar refractivity (Wildman–Crippen MR) is 78.2 cm³/mol. The van der Waals surface area contributed by atoms with E-state index in [4.69, 9.17) is 4.74 Å². The number of hydrogen-bond donors (Lipinski definition) is 1. The molecular weight excluding hydrogens is 240 g/mol. The molecular formula is C15H30N2O2. The smallest absolute Gasteiger partial charge is 0.327 e. The number of carbonyl (C=O) groups excluding carboxylic acids is 1. The minimum absolute atomic E-state index is 0.123. The number of nitrogens with one attached hydrogen (secondary N) is 1. The predicted octanol–water partition coefficient (Wildman–Crippen LogP) is 2.04. The third-order valence-corrected chi connectivity index (χ3v) is 3.91. The molecule has 1 aliphatic rings. The molecule has 1 saturated heterocycles. The Morgan fingerprint density at radius 2 is 2.00 bits per heavy atom. The van der Waals surface area contributed by atoms with Crippen molar-refractivity contribution in [2.75, 3.05) is 32.8 Å². The molecule has 1 rings (SSSR count). The van der Waals surface area contributed by atoms with Crippen LogP contribution in [0.3, 0.4) is 0 Å². The van der Waals surface area contributed by atoms with Gasteiger partial charge in [-0.3, -0.25) is 4.79 Å². The normalized spacial score (nSPS) is 21.1. The molecule has 0 spiro atoms. The third kappa shape index (κ3) is 5.11. The average molecular weight is 270 g/mol. The van der Waals surface area contributed by atoms with Crippen LogP contribution >= 0.6 is 0 Å². The van der Waals surface area contributed by atoms with E-state index in [9.17, 15) is 4.79 Å². The van der Waals surface area contributed by atoms with Crippen molar-refractivity contribution < 1.29 is 9.53 Å². The van der Waals surface area contributed by atoms with Crippen molar-refractivity contribution in [3.8, 4) is 0 Å². The molecule has 0 aromatic rings. The molecule has 1 unspecified atom stereocenters. The summed E-state index contributed by atoms with van der Waals surface area (Å²) in [6.07, 6.45) is 3.48. The van der Waals surface area contributed by atoms with E-state index in [-0.39, 0.29) is 5.97 Å². The number of ether oxygens (including phenoxy) is 1. The molecule has 0 aliphatic carbocycles. The van der Waals surface area contributed by atoms with Crippen LogP contribution in [0.25, 0.3) is 0 Å². The van der Waals surface area contributed by atoms with Gasteiger partial charge in [0.25, 0.3) is 0 Å². The minimum Gasteiger partial charge on any atom is -0.465 e. The number of nitrogens with zero attached hydrogens (tertiary/aromatic N) is 1. The molecule has 0 saturated carbocycles. The molecule has 0 radical (unpaired) electrons. The molecule has 112 valence electrons. The number of likely N-dealkylation sites (tertiary alicyclic amines) is 1. The first-order chi connectivity index (χ1) is 9.01. The number of rotatable bonds is 7. The van der Waals surface area contributed by atoms with Crippen molar-refractivity contribution in [2.24, 2.45) is 5.92 Å². The monoisotopic (exact) mass is 270 g/mol. The lowest BCUT2D eigenvalue weighted by Crippen LogP contribution is -2.58. The Morgan fingerprint density at radius 1 is 1.37 bits per heavy atom. The second kappa shape index (κ2) is 7.85. The largest absolute Gasteiger partial charge is 0.465 e. The highest BCUT2D eigenvalue weighted by molar-refractivity contribution is 5.80. The summed E-state index contributed by atoms with van der Waals surface area (Å²) in [7, 11) is 0. The maximum Gasteiger partial charge on any atom is 0.327 e. The SMILES string of the molecule is CCCNC(C)(CN1CCC(C)CC1)C(=O)OCC. The van der Waals surface area contributed by atoms with E-state index >= 15 is 0 Å². The molecule has 0 aromatic heterocycles. The number of esters is 1. The Morgan fingerprint density at radius 3 is 2.53 bits per heavy atom. The molecule has 0 amide bonds. The zero-order valence-electron chi connectivity index (χ0n) is 13.0. The van der Waals surface area contributed by atoms with E-state index in [1.165, 1.54) is 12.8 Å². The first kappa shape index (κ1) is 16.4. The van der Waals surface area contributed by atoms with Gasteiger partial charge < -0.3 is 15.0 Å². The summed E-state index contributed by atoms with van der Waals surface area (Å²) in [6.45, 7) is 12.5. The Balaban J connectivity index is 2.59. The van der Waals surface area contributed by atoms with Crippen molar-refractivity contribution in [1.82, 2.24) is 10.2 Å².